The number of likely N-dealkylation sites (N-methyl/N-ethyl adjacent to an activating group) is 1. The fourth-order valence-corrected chi connectivity index (χ4v) is 2.68. The molecule has 1 N–H and O–H groups in total. The van der Waals surface area contributed by atoms with Crippen molar-refractivity contribution in [1.29, 1.82) is 0 Å². The Labute approximate surface area is 169 Å². The molecule has 5 nitrogen and oxygen atoms in total. The van der Waals surface area contributed by atoms with Crippen LogP contribution in [0.5, 0.6) is 5.75 Å². The van der Waals surface area contributed by atoms with E-state index in [2.05, 4.69) is 5.32 Å². The highest BCUT2D eigenvalue weighted by Crippen LogP contribution is 2.15. The van der Waals surface area contributed by atoms with Crippen molar-refractivity contribution in [1.82, 2.24) is 10.2 Å². The molecule has 28 heavy (non-hydrogen) atoms. The summed E-state index contributed by atoms with van der Waals surface area (Å²) >= 11 is 5.83. The molecule has 0 saturated carbocycles. The van der Waals surface area contributed by atoms with Gasteiger partial charge in [-0.1, -0.05) is 37.6 Å². The van der Waals surface area contributed by atoms with Crippen LogP contribution in [-0.4, -0.2) is 43.0 Å². The van der Waals surface area contributed by atoms with E-state index in [1.807, 2.05) is 13.8 Å². The number of nitrogens with zero attached hydrogens (tertiary/aromatic N) is 1. The van der Waals surface area contributed by atoms with E-state index in [-0.39, 0.29) is 24.0 Å². The molecular formula is C21H24ClFN2O3. The Kier molecular flexibility index (Phi) is 7.81. The van der Waals surface area contributed by atoms with Crippen LogP contribution < -0.4 is 10.1 Å². The molecule has 2 aromatic rings. The van der Waals surface area contributed by atoms with Crippen LogP contribution in [-0.2, 0) is 4.79 Å². The Bertz CT molecular complexity index is 812. The minimum Gasteiger partial charge on any atom is -0.492 e. The van der Waals surface area contributed by atoms with E-state index in [4.69, 9.17) is 16.3 Å². The van der Waals surface area contributed by atoms with Crippen molar-refractivity contribution >= 4 is 23.4 Å². The number of carbonyl (C=O) groups is 2. The van der Waals surface area contributed by atoms with Gasteiger partial charge in [0, 0.05) is 12.1 Å². The van der Waals surface area contributed by atoms with Crippen molar-refractivity contribution in [3.8, 4) is 5.75 Å². The monoisotopic (exact) mass is 406 g/mol. The third-order valence-electron chi connectivity index (χ3n) is 4.22. The van der Waals surface area contributed by atoms with E-state index < -0.39 is 17.8 Å². The van der Waals surface area contributed by atoms with Gasteiger partial charge in [-0.25, -0.2) is 4.39 Å². The van der Waals surface area contributed by atoms with Gasteiger partial charge < -0.3 is 15.0 Å². The van der Waals surface area contributed by atoms with Crippen molar-refractivity contribution in [3.63, 3.8) is 0 Å². The van der Waals surface area contributed by atoms with Crippen LogP contribution >= 0.6 is 11.6 Å². The van der Waals surface area contributed by atoms with Gasteiger partial charge in [-0.3, -0.25) is 9.59 Å². The molecule has 0 radical (unpaired) electrons. The van der Waals surface area contributed by atoms with Crippen LogP contribution in [0, 0.1) is 11.7 Å². The number of rotatable bonds is 8. The van der Waals surface area contributed by atoms with E-state index in [0.29, 0.717) is 17.3 Å². The molecule has 7 heteroatoms. The average Bonchev–Trinajstić information content (AvgIpc) is 2.67. The normalized spacial score (nSPS) is 11.8. The number of carbonyl (C=O) groups excluding carboxylic acids is 2. The number of nitrogens with one attached hydrogen (secondary N) is 1. The number of halogens is 2. The van der Waals surface area contributed by atoms with E-state index in [1.54, 1.807) is 37.4 Å². The Balaban J connectivity index is 1.94. The zero-order chi connectivity index (χ0) is 20.7. The summed E-state index contributed by atoms with van der Waals surface area (Å²) in [5, 5.41) is 3.26. The second-order valence-corrected chi connectivity index (χ2v) is 7.17. The van der Waals surface area contributed by atoms with Gasteiger partial charge in [0.15, 0.2) is 0 Å². The quantitative estimate of drug-likeness (QED) is 0.726. The van der Waals surface area contributed by atoms with Crippen LogP contribution in [0.4, 0.5) is 4.39 Å². The number of benzene rings is 2. The van der Waals surface area contributed by atoms with Gasteiger partial charge in [0.2, 0.25) is 5.91 Å². The highest BCUT2D eigenvalue weighted by Gasteiger charge is 2.28. The van der Waals surface area contributed by atoms with Crippen molar-refractivity contribution in [3.05, 3.63) is 64.9 Å². The maximum Gasteiger partial charge on any atom is 0.254 e. The number of amides is 2. The van der Waals surface area contributed by atoms with Crippen LogP contribution in [0.15, 0.2) is 48.5 Å². The lowest BCUT2D eigenvalue weighted by atomic mass is 10.0. The number of hydrogen-bond acceptors (Lipinski definition) is 3. The van der Waals surface area contributed by atoms with E-state index in [9.17, 15) is 14.0 Å². The predicted octanol–water partition coefficient (Wildman–Crippen LogP) is 3.77. The van der Waals surface area contributed by atoms with Crippen LogP contribution in [0.3, 0.4) is 0 Å². The zero-order valence-corrected chi connectivity index (χ0v) is 16.9. The first-order valence-electron chi connectivity index (χ1n) is 8.98. The molecule has 0 aliphatic carbocycles. The van der Waals surface area contributed by atoms with E-state index >= 15 is 0 Å². The molecule has 0 spiro atoms. The Morgan fingerprint density at radius 3 is 2.39 bits per heavy atom. The highest BCUT2D eigenvalue weighted by atomic mass is 35.5. The number of hydrogen-bond donors (Lipinski definition) is 1. The van der Waals surface area contributed by atoms with Crippen molar-refractivity contribution in [2.45, 2.75) is 19.9 Å². The summed E-state index contributed by atoms with van der Waals surface area (Å²) in [5.41, 5.74) is -0.0883. The predicted molar refractivity (Wildman–Crippen MR) is 107 cm³/mol. The van der Waals surface area contributed by atoms with Gasteiger partial charge in [-0.05, 0) is 42.3 Å². The molecule has 2 amide bonds. The van der Waals surface area contributed by atoms with Crippen molar-refractivity contribution in [2.75, 3.05) is 20.2 Å². The van der Waals surface area contributed by atoms with Gasteiger partial charge in [0.1, 0.15) is 24.2 Å². The molecule has 2 rings (SSSR count). The molecule has 0 aliphatic rings. The molecule has 0 aromatic heterocycles. The summed E-state index contributed by atoms with van der Waals surface area (Å²) in [4.78, 5) is 26.6. The van der Waals surface area contributed by atoms with Crippen LogP contribution in [0.1, 0.15) is 24.2 Å². The fourth-order valence-electron chi connectivity index (χ4n) is 2.56. The first-order valence-corrected chi connectivity index (χ1v) is 9.36. The lowest BCUT2D eigenvalue weighted by Gasteiger charge is -2.27. The Morgan fingerprint density at radius 2 is 1.79 bits per heavy atom. The van der Waals surface area contributed by atoms with Gasteiger partial charge in [0.25, 0.3) is 5.91 Å². The zero-order valence-electron chi connectivity index (χ0n) is 16.1. The molecule has 0 aliphatic heterocycles. The minimum absolute atomic E-state index is 0.0883. The van der Waals surface area contributed by atoms with Gasteiger partial charge in [-0.15, -0.1) is 0 Å². The lowest BCUT2D eigenvalue weighted by Crippen LogP contribution is -2.51. The third-order valence-corrected chi connectivity index (χ3v) is 4.48. The number of ether oxygens (including phenoxy) is 1. The molecule has 0 bridgehead atoms. The van der Waals surface area contributed by atoms with Crippen LogP contribution in [0.2, 0.25) is 5.02 Å². The van der Waals surface area contributed by atoms with Crippen LogP contribution in [0.25, 0.3) is 0 Å². The summed E-state index contributed by atoms with van der Waals surface area (Å²) in [5.74, 6) is -1.02. The Hall–Kier alpha value is -2.60. The summed E-state index contributed by atoms with van der Waals surface area (Å²) < 4.78 is 19.4. The molecule has 1 unspecified atom stereocenters. The fraction of sp³-hybridized carbons (Fsp3) is 0.333. The second kappa shape index (κ2) is 10.1. The summed E-state index contributed by atoms with van der Waals surface area (Å²) in [6.45, 7) is 4.26. The summed E-state index contributed by atoms with van der Waals surface area (Å²) in [6.07, 6.45) is 0. The summed E-state index contributed by atoms with van der Waals surface area (Å²) in [6, 6.07) is 11.8. The van der Waals surface area contributed by atoms with Gasteiger partial charge in [-0.2, -0.15) is 0 Å². The third kappa shape index (κ3) is 5.96. The maximum absolute atomic E-state index is 13.8. The molecule has 0 heterocycles. The lowest BCUT2D eigenvalue weighted by molar-refractivity contribution is -0.133. The first kappa shape index (κ1) is 21.7. The largest absolute Gasteiger partial charge is 0.492 e. The molecule has 0 saturated heterocycles. The Morgan fingerprint density at radius 1 is 1.14 bits per heavy atom. The van der Waals surface area contributed by atoms with E-state index in [1.165, 1.54) is 23.1 Å². The van der Waals surface area contributed by atoms with Crippen molar-refractivity contribution in [2.24, 2.45) is 5.92 Å². The highest BCUT2D eigenvalue weighted by molar-refractivity contribution is 6.30. The van der Waals surface area contributed by atoms with Gasteiger partial charge in [0.05, 0.1) is 12.1 Å². The standard InChI is InChI=1S/C21H24ClFN2O3/c1-14(2)19(24-20(26)17-6-4-5-7-18(17)23)21(27)25(3)12-13-28-16-10-8-15(22)9-11-16/h4-11,14,19H,12-13H2,1-3H3,(H,24,26). The first-order chi connectivity index (χ1) is 13.3. The smallest absolute Gasteiger partial charge is 0.254 e. The second-order valence-electron chi connectivity index (χ2n) is 6.74. The molecule has 1 atom stereocenters. The molecular weight excluding hydrogens is 383 g/mol. The molecule has 2 aromatic carbocycles. The molecule has 150 valence electrons. The SMILES string of the molecule is CC(C)C(NC(=O)c1ccccc1F)C(=O)N(C)CCOc1ccc(Cl)cc1. The van der Waals surface area contributed by atoms with E-state index in [0.717, 1.165) is 0 Å². The van der Waals surface area contributed by atoms with Gasteiger partial charge >= 0.3 is 0 Å². The average molecular weight is 407 g/mol. The topological polar surface area (TPSA) is 58.6 Å². The minimum atomic E-state index is -0.771. The van der Waals surface area contributed by atoms with Crippen molar-refractivity contribution < 1.29 is 18.7 Å². The maximum atomic E-state index is 13.8. The summed E-state index contributed by atoms with van der Waals surface area (Å²) in [7, 11) is 1.64. The molecule has 0 fully saturated rings.